The summed E-state index contributed by atoms with van der Waals surface area (Å²) in [6.45, 7) is 4.51. The molecular weight excluding hydrogens is 388 g/mol. The summed E-state index contributed by atoms with van der Waals surface area (Å²) < 4.78 is 0. The molecule has 1 aliphatic carbocycles. The zero-order valence-corrected chi connectivity index (χ0v) is 20.3. The quantitative estimate of drug-likeness (QED) is 0.183. The van der Waals surface area contributed by atoms with Crippen molar-refractivity contribution in [3.8, 4) is 0 Å². The minimum Gasteiger partial charge on any atom is -0.158 e. The van der Waals surface area contributed by atoms with E-state index in [0.29, 0.717) is 5.92 Å². The third-order valence-corrected chi connectivity index (χ3v) is 6.91. The van der Waals surface area contributed by atoms with Gasteiger partial charge in [-0.15, -0.1) is 0 Å². The van der Waals surface area contributed by atoms with Gasteiger partial charge in [0.15, 0.2) is 0 Å². The number of benzene rings is 2. The highest BCUT2D eigenvalue weighted by molar-refractivity contribution is 6.02. The molecule has 1 aliphatic rings. The van der Waals surface area contributed by atoms with Crippen molar-refractivity contribution in [2.75, 3.05) is 0 Å². The molecule has 2 aromatic carbocycles. The third-order valence-electron chi connectivity index (χ3n) is 6.91. The Bertz CT molecular complexity index is 812. The fraction of sp³-hybridized carbons (Fsp3) is 0.533. The highest BCUT2D eigenvalue weighted by Gasteiger charge is 2.25. The van der Waals surface area contributed by atoms with E-state index in [-0.39, 0.29) is 0 Å². The summed E-state index contributed by atoms with van der Waals surface area (Å²) >= 11 is 0. The number of rotatable bonds is 12. The van der Waals surface area contributed by atoms with Gasteiger partial charge in [-0.05, 0) is 54.7 Å². The topological polar surface area (TPSA) is 24.7 Å². The minimum absolute atomic E-state index is 0.526. The normalized spacial score (nSPS) is 19.5. The third kappa shape index (κ3) is 8.04. The SMILES string of the molecule is CCCCCCCC1CCC(C(=NN=Cc2ccc(CCC)cc2)c2ccccc2)CC1. The van der Waals surface area contributed by atoms with Gasteiger partial charge in [0, 0.05) is 5.92 Å². The number of hydrogen-bond acceptors (Lipinski definition) is 2. The Morgan fingerprint density at radius 3 is 2.22 bits per heavy atom. The molecule has 2 nitrogen and oxygen atoms in total. The van der Waals surface area contributed by atoms with Gasteiger partial charge in [0.25, 0.3) is 0 Å². The van der Waals surface area contributed by atoms with E-state index in [1.807, 2.05) is 6.21 Å². The first-order valence-electron chi connectivity index (χ1n) is 13.1. The molecule has 1 fully saturated rings. The fourth-order valence-electron chi connectivity index (χ4n) is 4.96. The lowest BCUT2D eigenvalue weighted by molar-refractivity contribution is 0.298. The van der Waals surface area contributed by atoms with Gasteiger partial charge in [-0.1, -0.05) is 113 Å². The van der Waals surface area contributed by atoms with Crippen molar-refractivity contribution in [2.45, 2.75) is 90.9 Å². The van der Waals surface area contributed by atoms with Crippen molar-refractivity contribution in [1.29, 1.82) is 0 Å². The molecule has 0 N–H and O–H groups in total. The molecule has 0 unspecified atom stereocenters. The van der Waals surface area contributed by atoms with Gasteiger partial charge in [0.1, 0.15) is 0 Å². The highest BCUT2D eigenvalue weighted by atomic mass is 15.2. The lowest BCUT2D eigenvalue weighted by Crippen LogP contribution is -2.22. The maximum absolute atomic E-state index is 4.78. The first kappa shape index (κ1) is 24.4. The molecule has 3 rings (SSSR count). The molecule has 172 valence electrons. The molecule has 0 radical (unpaired) electrons. The van der Waals surface area contributed by atoms with Crippen LogP contribution in [0.25, 0.3) is 0 Å². The molecule has 0 aliphatic heterocycles. The van der Waals surface area contributed by atoms with Crippen LogP contribution in [0.15, 0.2) is 64.8 Å². The monoisotopic (exact) mass is 430 g/mol. The van der Waals surface area contributed by atoms with Crippen molar-refractivity contribution in [2.24, 2.45) is 22.0 Å². The predicted molar refractivity (Wildman–Crippen MR) is 140 cm³/mol. The summed E-state index contributed by atoms with van der Waals surface area (Å²) in [5.74, 6) is 1.44. The van der Waals surface area contributed by atoms with Crippen molar-refractivity contribution in [3.05, 3.63) is 71.3 Å². The van der Waals surface area contributed by atoms with E-state index >= 15 is 0 Å². The van der Waals surface area contributed by atoms with Crippen LogP contribution >= 0.6 is 0 Å². The zero-order valence-electron chi connectivity index (χ0n) is 20.3. The van der Waals surface area contributed by atoms with E-state index in [1.165, 1.54) is 87.5 Å². The smallest absolute Gasteiger partial charge is 0.0733 e. The lowest BCUT2D eigenvalue weighted by Gasteiger charge is -2.29. The van der Waals surface area contributed by atoms with Crippen LogP contribution < -0.4 is 0 Å². The Morgan fingerprint density at radius 1 is 0.812 bits per heavy atom. The van der Waals surface area contributed by atoms with Crippen LogP contribution in [0.5, 0.6) is 0 Å². The Balaban J connectivity index is 1.60. The van der Waals surface area contributed by atoms with Crippen molar-refractivity contribution in [3.63, 3.8) is 0 Å². The summed E-state index contributed by atoms with van der Waals surface area (Å²) in [6, 6.07) is 19.4. The number of unbranched alkanes of at least 4 members (excludes halogenated alkanes) is 4. The van der Waals surface area contributed by atoms with E-state index in [4.69, 9.17) is 5.10 Å². The predicted octanol–water partition coefficient (Wildman–Crippen LogP) is 8.63. The molecule has 0 saturated heterocycles. The van der Waals surface area contributed by atoms with E-state index in [2.05, 4.69) is 73.5 Å². The van der Waals surface area contributed by atoms with Crippen LogP contribution in [-0.2, 0) is 6.42 Å². The van der Waals surface area contributed by atoms with Gasteiger partial charge in [-0.25, -0.2) is 0 Å². The zero-order chi connectivity index (χ0) is 22.4. The van der Waals surface area contributed by atoms with Gasteiger partial charge in [-0.2, -0.15) is 10.2 Å². The molecule has 0 heterocycles. The van der Waals surface area contributed by atoms with Gasteiger partial charge in [0.2, 0.25) is 0 Å². The van der Waals surface area contributed by atoms with E-state index in [0.717, 1.165) is 17.9 Å². The molecule has 0 bridgehead atoms. The van der Waals surface area contributed by atoms with Crippen LogP contribution in [0.4, 0.5) is 0 Å². The lowest BCUT2D eigenvalue weighted by atomic mass is 9.76. The summed E-state index contributed by atoms with van der Waals surface area (Å²) in [4.78, 5) is 0. The molecule has 32 heavy (non-hydrogen) atoms. The van der Waals surface area contributed by atoms with Gasteiger partial charge in [0.05, 0.1) is 11.9 Å². The van der Waals surface area contributed by atoms with Gasteiger partial charge in [-0.3, -0.25) is 0 Å². The van der Waals surface area contributed by atoms with E-state index < -0.39 is 0 Å². The van der Waals surface area contributed by atoms with Crippen LogP contribution in [0.2, 0.25) is 0 Å². The Morgan fingerprint density at radius 2 is 1.53 bits per heavy atom. The standard InChI is InChI=1S/C30H42N2/c1-3-5-6-7-9-13-26-20-22-29(23-21-26)30(28-14-10-8-11-15-28)32-31-24-27-18-16-25(12-4-2)17-19-27/h8,10-11,14-19,24,26,29H,3-7,9,12-13,20-23H2,1-2H3. The highest BCUT2D eigenvalue weighted by Crippen LogP contribution is 2.34. The van der Waals surface area contributed by atoms with E-state index in [9.17, 15) is 0 Å². The maximum Gasteiger partial charge on any atom is 0.0733 e. The summed E-state index contributed by atoms with van der Waals surface area (Å²) in [7, 11) is 0. The Hall–Kier alpha value is -2.22. The van der Waals surface area contributed by atoms with Crippen LogP contribution in [0, 0.1) is 11.8 Å². The second-order valence-corrected chi connectivity index (χ2v) is 9.51. The number of aryl methyl sites for hydroxylation is 1. The molecule has 2 heteroatoms. The van der Waals surface area contributed by atoms with E-state index in [1.54, 1.807) is 0 Å². The first-order valence-corrected chi connectivity index (χ1v) is 13.1. The average Bonchev–Trinajstić information content (AvgIpc) is 2.84. The number of nitrogens with zero attached hydrogens (tertiary/aromatic N) is 2. The molecule has 0 amide bonds. The molecule has 2 aromatic rings. The fourth-order valence-corrected chi connectivity index (χ4v) is 4.96. The largest absolute Gasteiger partial charge is 0.158 e. The second-order valence-electron chi connectivity index (χ2n) is 9.51. The first-order chi connectivity index (χ1) is 15.8. The average molecular weight is 431 g/mol. The molecule has 0 atom stereocenters. The molecule has 0 spiro atoms. The Labute approximate surface area is 196 Å². The van der Waals surface area contributed by atoms with Crippen LogP contribution in [0.1, 0.15) is 101 Å². The molecular formula is C30H42N2. The Kier molecular flexibility index (Phi) is 10.7. The van der Waals surface area contributed by atoms with Crippen molar-refractivity contribution >= 4 is 11.9 Å². The maximum atomic E-state index is 4.78. The van der Waals surface area contributed by atoms with Crippen LogP contribution in [-0.4, -0.2) is 11.9 Å². The van der Waals surface area contributed by atoms with Gasteiger partial charge >= 0.3 is 0 Å². The van der Waals surface area contributed by atoms with Crippen LogP contribution in [0.3, 0.4) is 0 Å². The summed E-state index contributed by atoms with van der Waals surface area (Å²) in [5, 5.41) is 9.31. The summed E-state index contributed by atoms with van der Waals surface area (Å²) in [5.41, 5.74) is 4.91. The summed E-state index contributed by atoms with van der Waals surface area (Å²) in [6.07, 6.45) is 17.8. The molecule has 0 aromatic heterocycles. The molecule has 1 saturated carbocycles. The van der Waals surface area contributed by atoms with Crippen molar-refractivity contribution < 1.29 is 0 Å². The van der Waals surface area contributed by atoms with Crippen molar-refractivity contribution in [1.82, 2.24) is 0 Å². The van der Waals surface area contributed by atoms with Gasteiger partial charge < -0.3 is 0 Å². The minimum atomic E-state index is 0.526. The number of hydrogen-bond donors (Lipinski definition) is 0. The second kappa shape index (κ2) is 14.0.